The lowest BCUT2D eigenvalue weighted by atomic mass is 10.0. The Bertz CT molecular complexity index is 1260. The number of aromatic hydroxyl groups is 1. The molecule has 1 aromatic carbocycles. The third-order valence-electron chi connectivity index (χ3n) is 7.90. The molecule has 13 heteroatoms. The smallest absolute Gasteiger partial charge is 0.508 e. The van der Waals surface area contributed by atoms with Gasteiger partial charge in [-0.15, -0.1) is 13.2 Å². The van der Waals surface area contributed by atoms with Crippen LogP contribution in [0.1, 0.15) is 36.9 Å². The lowest BCUT2D eigenvalue weighted by Crippen LogP contribution is -2.49. The average Bonchev–Trinajstić information content (AvgIpc) is 2.98. The second kappa shape index (κ2) is 13.1. The minimum atomic E-state index is -4.91. The molecular formula is C29H37F3N6O4. The van der Waals surface area contributed by atoms with Crippen molar-refractivity contribution in [3.63, 3.8) is 0 Å². The number of halogens is 3. The molecule has 0 saturated carbocycles. The van der Waals surface area contributed by atoms with Gasteiger partial charge >= 0.3 is 12.4 Å². The number of carbonyl (C=O) groups is 1. The van der Waals surface area contributed by atoms with Gasteiger partial charge in [-0.1, -0.05) is 13.0 Å². The summed E-state index contributed by atoms with van der Waals surface area (Å²) >= 11 is 0. The van der Waals surface area contributed by atoms with Crippen LogP contribution in [0.25, 0.3) is 0 Å². The van der Waals surface area contributed by atoms with Crippen LogP contribution >= 0.6 is 0 Å². The monoisotopic (exact) mass is 590 g/mol. The number of nitrogens with zero attached hydrogens (tertiary/aromatic N) is 6. The zero-order valence-corrected chi connectivity index (χ0v) is 23.6. The maximum Gasteiger partial charge on any atom is 0.573 e. The lowest BCUT2D eigenvalue weighted by Gasteiger charge is -2.38. The summed E-state index contributed by atoms with van der Waals surface area (Å²) in [6.45, 7) is 9.96. The Labute approximate surface area is 243 Å². The third-order valence-corrected chi connectivity index (χ3v) is 7.90. The molecule has 42 heavy (non-hydrogen) atoms. The topological polar surface area (TPSA) is 94.5 Å². The molecule has 0 spiro atoms. The molecule has 2 fully saturated rings. The predicted molar refractivity (Wildman–Crippen MR) is 151 cm³/mol. The second-order valence-electron chi connectivity index (χ2n) is 10.7. The summed E-state index contributed by atoms with van der Waals surface area (Å²) in [4.78, 5) is 29.6. The average molecular weight is 591 g/mol. The zero-order chi connectivity index (χ0) is 29.7. The number of amides is 1. The number of likely N-dealkylation sites (tertiary alicyclic amines) is 1. The van der Waals surface area contributed by atoms with Crippen molar-refractivity contribution in [2.45, 2.75) is 45.0 Å². The van der Waals surface area contributed by atoms with Crippen LogP contribution in [-0.4, -0.2) is 96.1 Å². The molecule has 4 heterocycles. The first-order valence-electron chi connectivity index (χ1n) is 14.4. The minimum absolute atomic E-state index is 0.112. The Balaban J connectivity index is 1.36. The number of anilines is 2. The van der Waals surface area contributed by atoms with Crippen molar-refractivity contribution in [3.8, 4) is 17.5 Å². The largest absolute Gasteiger partial charge is 0.573 e. The van der Waals surface area contributed by atoms with Gasteiger partial charge in [0.1, 0.15) is 11.6 Å². The van der Waals surface area contributed by atoms with E-state index in [1.54, 1.807) is 9.80 Å². The molecule has 1 aromatic heterocycles. The number of hydrogen-bond donors (Lipinski definition) is 1. The lowest BCUT2D eigenvalue weighted by molar-refractivity contribution is -0.274. The minimum Gasteiger partial charge on any atom is -0.508 e. The Morgan fingerprint density at radius 3 is 2.50 bits per heavy atom. The molecule has 1 N–H and O–H groups in total. The van der Waals surface area contributed by atoms with Crippen LogP contribution in [0.5, 0.6) is 17.5 Å². The van der Waals surface area contributed by atoms with Gasteiger partial charge in [0.05, 0.1) is 24.5 Å². The Morgan fingerprint density at radius 1 is 1.02 bits per heavy atom. The van der Waals surface area contributed by atoms with Crippen LogP contribution < -0.4 is 19.3 Å². The van der Waals surface area contributed by atoms with Crippen LogP contribution in [0.2, 0.25) is 0 Å². The molecule has 1 amide bonds. The maximum atomic E-state index is 13.1. The first-order valence-corrected chi connectivity index (χ1v) is 14.4. The van der Waals surface area contributed by atoms with Gasteiger partial charge in [0.2, 0.25) is 5.91 Å². The summed E-state index contributed by atoms with van der Waals surface area (Å²) in [5.41, 5.74) is 1.77. The summed E-state index contributed by atoms with van der Waals surface area (Å²) in [5, 5.41) is 9.82. The quantitative estimate of drug-likeness (QED) is 0.346. The Hall–Kier alpha value is -3.74. The highest BCUT2D eigenvalue weighted by Gasteiger charge is 2.34. The maximum absolute atomic E-state index is 13.1. The van der Waals surface area contributed by atoms with Crippen molar-refractivity contribution in [1.29, 1.82) is 0 Å². The molecule has 3 aliphatic rings. The van der Waals surface area contributed by atoms with Gasteiger partial charge < -0.3 is 34.2 Å². The van der Waals surface area contributed by atoms with E-state index in [9.17, 15) is 23.1 Å². The van der Waals surface area contributed by atoms with Crippen LogP contribution in [0.15, 0.2) is 30.9 Å². The van der Waals surface area contributed by atoms with Gasteiger partial charge in [0.15, 0.2) is 5.75 Å². The molecule has 0 aliphatic carbocycles. The van der Waals surface area contributed by atoms with Crippen molar-refractivity contribution in [1.82, 2.24) is 19.8 Å². The summed E-state index contributed by atoms with van der Waals surface area (Å²) < 4.78 is 49.7. The van der Waals surface area contributed by atoms with Crippen LogP contribution in [0.4, 0.5) is 24.7 Å². The highest BCUT2D eigenvalue weighted by Crippen LogP contribution is 2.39. The van der Waals surface area contributed by atoms with E-state index in [-0.39, 0.29) is 29.9 Å². The number of phenols is 1. The molecule has 10 nitrogen and oxygen atoms in total. The van der Waals surface area contributed by atoms with E-state index < -0.39 is 12.1 Å². The van der Waals surface area contributed by atoms with E-state index in [0.29, 0.717) is 51.4 Å². The van der Waals surface area contributed by atoms with Gasteiger partial charge in [-0.3, -0.25) is 4.79 Å². The highest BCUT2D eigenvalue weighted by atomic mass is 19.4. The molecule has 5 rings (SSSR count). The third kappa shape index (κ3) is 7.36. The molecule has 0 bridgehead atoms. The number of fused-ring (bicyclic) bond motifs is 1. The standard InChI is InChI=1S/C29H37F3N6O4/c1-2-26(40)36-14-16-37(17-15-36)27-22-9-13-38(24-8-7-21(39)19-25(24)42-29(30,31)32)20-23(22)33-28(34-27)41-18-6-12-35-10-4-3-5-11-35/h2,7-8,19,39H,1,3-6,9-18,20H2. The van der Waals surface area contributed by atoms with Gasteiger partial charge in [0.25, 0.3) is 0 Å². The molecule has 0 atom stereocenters. The first-order chi connectivity index (χ1) is 20.2. The number of aromatic nitrogens is 2. The van der Waals surface area contributed by atoms with Gasteiger partial charge in [-0.25, -0.2) is 0 Å². The molecule has 0 unspecified atom stereocenters. The molecule has 0 radical (unpaired) electrons. The van der Waals surface area contributed by atoms with Crippen molar-refractivity contribution in [2.75, 3.05) is 68.8 Å². The number of piperidine rings is 1. The zero-order valence-electron chi connectivity index (χ0n) is 23.6. The van der Waals surface area contributed by atoms with Crippen LogP contribution in [-0.2, 0) is 17.8 Å². The number of hydrogen-bond acceptors (Lipinski definition) is 9. The van der Waals surface area contributed by atoms with Gasteiger partial charge in [-0.2, -0.15) is 9.97 Å². The van der Waals surface area contributed by atoms with E-state index in [1.807, 2.05) is 0 Å². The fourth-order valence-corrected chi connectivity index (χ4v) is 5.79. The molecule has 2 aromatic rings. The van der Waals surface area contributed by atoms with Crippen LogP contribution in [0, 0.1) is 0 Å². The molecule has 228 valence electrons. The molecule has 3 aliphatic heterocycles. The molecular weight excluding hydrogens is 553 g/mol. The van der Waals surface area contributed by atoms with Crippen molar-refractivity contribution >= 4 is 17.4 Å². The van der Waals surface area contributed by atoms with E-state index in [2.05, 4.69) is 21.1 Å². The van der Waals surface area contributed by atoms with Crippen molar-refractivity contribution < 1.29 is 32.5 Å². The summed E-state index contributed by atoms with van der Waals surface area (Å²) in [7, 11) is 0. The number of piperazine rings is 1. The van der Waals surface area contributed by atoms with E-state index in [1.165, 1.54) is 37.5 Å². The number of phenolic OH excluding ortho intramolecular Hbond substituents is 1. The highest BCUT2D eigenvalue weighted by molar-refractivity contribution is 5.87. The number of benzene rings is 1. The molecule has 2 saturated heterocycles. The number of rotatable bonds is 9. The number of ether oxygens (including phenoxy) is 2. The first kappa shape index (κ1) is 29.7. The second-order valence-corrected chi connectivity index (χ2v) is 10.7. The van der Waals surface area contributed by atoms with Gasteiger partial charge in [0, 0.05) is 50.9 Å². The summed E-state index contributed by atoms with van der Waals surface area (Å²) in [6.07, 6.45) is 1.43. The van der Waals surface area contributed by atoms with Gasteiger partial charge in [-0.05, 0) is 57.0 Å². The summed E-state index contributed by atoms with van der Waals surface area (Å²) in [5.74, 6) is -0.181. The normalized spacial score (nSPS) is 18.0. The van der Waals surface area contributed by atoms with E-state index >= 15 is 0 Å². The number of alkyl halides is 3. The Morgan fingerprint density at radius 2 is 1.79 bits per heavy atom. The fraction of sp³-hybridized carbons (Fsp3) is 0.552. The number of carbonyl (C=O) groups excluding carboxylic acids is 1. The fourth-order valence-electron chi connectivity index (χ4n) is 5.79. The predicted octanol–water partition coefficient (Wildman–Crippen LogP) is 3.73. The van der Waals surface area contributed by atoms with Crippen molar-refractivity contribution in [3.05, 3.63) is 42.1 Å². The Kier molecular flexibility index (Phi) is 9.24. The van der Waals surface area contributed by atoms with E-state index in [4.69, 9.17) is 14.7 Å². The van der Waals surface area contributed by atoms with Crippen LogP contribution in [0.3, 0.4) is 0 Å². The van der Waals surface area contributed by atoms with Crippen molar-refractivity contribution in [2.24, 2.45) is 0 Å². The SMILES string of the molecule is C=CC(=O)N1CCN(c2nc(OCCCN3CCCCC3)nc3c2CCN(c2ccc(O)cc2OC(F)(F)F)C3)CC1. The van der Waals surface area contributed by atoms with E-state index in [0.717, 1.165) is 43.5 Å². The summed E-state index contributed by atoms with van der Waals surface area (Å²) in [6, 6.07) is 3.94.